The maximum atomic E-state index is 12.9. The van der Waals surface area contributed by atoms with E-state index < -0.39 is 34.9 Å². The Kier molecular flexibility index (Phi) is 7.97. The Morgan fingerprint density at radius 1 is 1.19 bits per heavy atom. The summed E-state index contributed by atoms with van der Waals surface area (Å²) in [5, 5.41) is 12.4. The van der Waals surface area contributed by atoms with E-state index in [1.807, 2.05) is 0 Å². The molecule has 3 rings (SSSR count). The molecule has 3 atom stereocenters. The van der Waals surface area contributed by atoms with Crippen molar-refractivity contribution in [3.63, 3.8) is 0 Å². The van der Waals surface area contributed by atoms with E-state index in [1.54, 1.807) is 36.4 Å². The van der Waals surface area contributed by atoms with Gasteiger partial charge in [-0.25, -0.2) is 17.5 Å². The molecule has 0 fully saturated rings. The number of amides is 1. The number of rotatable bonds is 9. The van der Waals surface area contributed by atoms with Gasteiger partial charge in [0.1, 0.15) is 17.7 Å². The number of ether oxygens (including phenoxy) is 2. The molecule has 2 aromatic rings. The summed E-state index contributed by atoms with van der Waals surface area (Å²) in [5.41, 5.74) is 0.750. The highest BCUT2D eigenvalue weighted by molar-refractivity contribution is 7.89. The normalized spacial score (nSPS) is 20.7. The molecular weight excluding hydrogens is 439 g/mol. The van der Waals surface area contributed by atoms with Gasteiger partial charge in [-0.3, -0.25) is 4.79 Å². The van der Waals surface area contributed by atoms with Gasteiger partial charge >= 0.3 is 0 Å². The molecule has 8 nitrogen and oxygen atoms in total. The van der Waals surface area contributed by atoms with Crippen molar-refractivity contribution in [2.75, 3.05) is 13.7 Å². The monoisotopic (exact) mass is 464 g/mol. The summed E-state index contributed by atoms with van der Waals surface area (Å²) in [5.74, 6) is -0.253. The maximum absolute atomic E-state index is 12.9. The van der Waals surface area contributed by atoms with Crippen molar-refractivity contribution in [2.45, 2.75) is 36.1 Å². The highest BCUT2D eigenvalue weighted by atomic mass is 32.2. The SMILES string of the molecule is COc1cccc(S(=O)(=O)N[C@H]2C=C[C@H](CC(=O)NCc3ccc(F)cc3)O[C@H]2CO)c1. The fraction of sp³-hybridized carbons (Fsp3) is 0.318. The van der Waals surface area contributed by atoms with Crippen LogP contribution in [-0.4, -0.2) is 51.4 Å². The third-order valence-electron chi connectivity index (χ3n) is 4.90. The van der Waals surface area contributed by atoms with Crippen LogP contribution in [0.15, 0.2) is 65.6 Å². The molecule has 0 saturated carbocycles. The Morgan fingerprint density at radius 3 is 2.62 bits per heavy atom. The summed E-state index contributed by atoms with van der Waals surface area (Å²) in [6.45, 7) is -0.203. The fourth-order valence-corrected chi connectivity index (χ4v) is 4.44. The lowest BCUT2D eigenvalue weighted by molar-refractivity contribution is -0.125. The van der Waals surface area contributed by atoms with Gasteiger partial charge < -0.3 is 19.9 Å². The lowest BCUT2D eigenvalue weighted by Crippen LogP contribution is -2.49. The molecule has 1 heterocycles. The number of halogens is 1. The van der Waals surface area contributed by atoms with E-state index >= 15 is 0 Å². The topological polar surface area (TPSA) is 114 Å². The molecule has 1 aliphatic heterocycles. The molecule has 0 unspecified atom stereocenters. The average molecular weight is 465 g/mol. The predicted octanol–water partition coefficient (Wildman–Crippen LogP) is 1.50. The first kappa shape index (κ1) is 23.9. The summed E-state index contributed by atoms with van der Waals surface area (Å²) in [6.07, 6.45) is 1.65. The van der Waals surface area contributed by atoms with Crippen LogP contribution < -0.4 is 14.8 Å². The van der Waals surface area contributed by atoms with E-state index in [9.17, 15) is 22.7 Å². The second kappa shape index (κ2) is 10.7. The molecule has 0 saturated heterocycles. The van der Waals surface area contributed by atoms with Crippen LogP contribution in [0.2, 0.25) is 0 Å². The molecular formula is C22H25FN2O6S. The summed E-state index contributed by atoms with van der Waals surface area (Å²) in [7, 11) is -2.46. The Labute approximate surface area is 186 Å². The third-order valence-corrected chi connectivity index (χ3v) is 6.35. The minimum Gasteiger partial charge on any atom is -0.497 e. The summed E-state index contributed by atoms with van der Waals surface area (Å²) in [4.78, 5) is 12.2. The summed E-state index contributed by atoms with van der Waals surface area (Å²) in [6, 6.07) is 11.0. The lowest BCUT2D eigenvalue weighted by Gasteiger charge is -2.31. The van der Waals surface area contributed by atoms with Gasteiger partial charge in [-0.15, -0.1) is 0 Å². The Morgan fingerprint density at radius 2 is 1.94 bits per heavy atom. The van der Waals surface area contributed by atoms with E-state index in [0.29, 0.717) is 5.75 Å². The van der Waals surface area contributed by atoms with Gasteiger partial charge in [0.2, 0.25) is 15.9 Å². The van der Waals surface area contributed by atoms with Crippen LogP contribution in [0.1, 0.15) is 12.0 Å². The molecule has 172 valence electrons. The molecule has 0 aliphatic carbocycles. The molecule has 0 bridgehead atoms. The van der Waals surface area contributed by atoms with E-state index in [0.717, 1.165) is 5.56 Å². The van der Waals surface area contributed by atoms with Crippen LogP contribution >= 0.6 is 0 Å². The smallest absolute Gasteiger partial charge is 0.241 e. The zero-order chi connectivity index (χ0) is 23.1. The third kappa shape index (κ3) is 6.36. The number of hydrogen-bond acceptors (Lipinski definition) is 6. The van der Waals surface area contributed by atoms with E-state index in [4.69, 9.17) is 9.47 Å². The number of nitrogens with one attached hydrogen (secondary N) is 2. The number of carbonyl (C=O) groups is 1. The summed E-state index contributed by atoms with van der Waals surface area (Å²) < 4.78 is 51.6. The first-order valence-corrected chi connectivity index (χ1v) is 11.4. The number of hydrogen-bond donors (Lipinski definition) is 3. The number of carbonyl (C=O) groups excluding carboxylic acids is 1. The summed E-state index contributed by atoms with van der Waals surface area (Å²) >= 11 is 0. The second-order valence-electron chi connectivity index (χ2n) is 7.21. The van der Waals surface area contributed by atoms with E-state index in [1.165, 1.54) is 31.4 Å². The Hall–Kier alpha value is -2.79. The lowest BCUT2D eigenvalue weighted by atomic mass is 10.1. The van der Waals surface area contributed by atoms with Crippen molar-refractivity contribution < 1.29 is 32.2 Å². The minimum atomic E-state index is -3.90. The molecule has 1 aliphatic rings. The second-order valence-corrected chi connectivity index (χ2v) is 8.93. The quantitative estimate of drug-likeness (QED) is 0.485. The Balaban J connectivity index is 1.59. The van der Waals surface area contributed by atoms with E-state index in [2.05, 4.69) is 10.0 Å². The molecule has 0 aromatic heterocycles. The molecule has 3 N–H and O–H groups in total. The van der Waals surface area contributed by atoms with Gasteiger partial charge in [0, 0.05) is 12.6 Å². The fourth-order valence-electron chi connectivity index (χ4n) is 3.18. The van der Waals surface area contributed by atoms with Crippen molar-refractivity contribution in [1.82, 2.24) is 10.0 Å². The number of benzene rings is 2. The van der Waals surface area contributed by atoms with Crippen LogP contribution in [-0.2, 0) is 26.1 Å². The molecule has 0 radical (unpaired) electrons. The van der Waals surface area contributed by atoms with Crippen LogP contribution in [0.5, 0.6) is 5.75 Å². The minimum absolute atomic E-state index is 0.0104. The van der Waals surface area contributed by atoms with Gasteiger partial charge in [0.25, 0.3) is 0 Å². The van der Waals surface area contributed by atoms with Crippen LogP contribution in [0, 0.1) is 5.82 Å². The van der Waals surface area contributed by atoms with Crippen molar-refractivity contribution in [2.24, 2.45) is 0 Å². The highest BCUT2D eigenvalue weighted by Crippen LogP contribution is 2.20. The van der Waals surface area contributed by atoms with Gasteiger partial charge in [-0.05, 0) is 29.8 Å². The van der Waals surface area contributed by atoms with Crippen LogP contribution in [0.4, 0.5) is 4.39 Å². The first-order chi connectivity index (χ1) is 15.3. The van der Waals surface area contributed by atoms with Gasteiger partial charge in [-0.1, -0.05) is 30.4 Å². The van der Waals surface area contributed by atoms with Crippen molar-refractivity contribution in [1.29, 1.82) is 0 Å². The van der Waals surface area contributed by atoms with Crippen LogP contribution in [0.3, 0.4) is 0 Å². The molecule has 1 amide bonds. The average Bonchev–Trinajstić information content (AvgIpc) is 2.79. The molecule has 32 heavy (non-hydrogen) atoms. The number of sulfonamides is 1. The Bertz CT molecular complexity index is 1060. The number of methoxy groups -OCH3 is 1. The van der Waals surface area contributed by atoms with Crippen molar-refractivity contribution >= 4 is 15.9 Å². The van der Waals surface area contributed by atoms with Gasteiger partial charge in [-0.2, -0.15) is 0 Å². The first-order valence-electron chi connectivity index (χ1n) is 9.93. The van der Waals surface area contributed by atoms with Crippen molar-refractivity contribution in [3.05, 3.63) is 72.1 Å². The van der Waals surface area contributed by atoms with Gasteiger partial charge in [0.15, 0.2) is 0 Å². The standard InChI is InChI=1S/C22H25FN2O6S/c1-30-17-3-2-4-19(11-17)32(28,29)25-20-10-9-18(31-21(20)14-26)12-22(27)24-13-15-5-7-16(23)8-6-15/h2-11,18,20-21,25-26H,12-14H2,1H3,(H,24,27)/t18-,20+,21+/m1/s1. The number of aliphatic hydroxyl groups is 1. The highest BCUT2D eigenvalue weighted by Gasteiger charge is 2.31. The predicted molar refractivity (Wildman–Crippen MR) is 115 cm³/mol. The van der Waals surface area contributed by atoms with Crippen molar-refractivity contribution in [3.8, 4) is 5.75 Å². The largest absolute Gasteiger partial charge is 0.497 e. The number of aliphatic hydroxyl groups excluding tert-OH is 1. The van der Waals surface area contributed by atoms with Crippen LogP contribution in [0.25, 0.3) is 0 Å². The maximum Gasteiger partial charge on any atom is 0.241 e. The molecule has 0 spiro atoms. The molecule has 2 aromatic carbocycles. The zero-order valence-electron chi connectivity index (χ0n) is 17.4. The zero-order valence-corrected chi connectivity index (χ0v) is 18.2. The van der Waals surface area contributed by atoms with E-state index in [-0.39, 0.29) is 29.6 Å². The molecule has 10 heteroatoms. The van der Waals surface area contributed by atoms with Gasteiger partial charge in [0.05, 0.1) is 37.2 Å².